The van der Waals surface area contributed by atoms with Gasteiger partial charge in [-0.1, -0.05) is 60.7 Å². The molecule has 1 fully saturated rings. The van der Waals surface area contributed by atoms with Crippen molar-refractivity contribution < 1.29 is 9.84 Å². The molecule has 0 saturated carbocycles. The summed E-state index contributed by atoms with van der Waals surface area (Å²) < 4.78 is 6.22. The van der Waals surface area contributed by atoms with E-state index in [1.807, 2.05) is 36.4 Å². The maximum absolute atomic E-state index is 9.37. The summed E-state index contributed by atoms with van der Waals surface area (Å²) in [6.07, 6.45) is 1.73. The molecule has 2 heteroatoms. The van der Waals surface area contributed by atoms with Gasteiger partial charge >= 0.3 is 0 Å². The van der Waals surface area contributed by atoms with E-state index in [0.717, 1.165) is 24.0 Å². The Hall–Kier alpha value is -1.64. The van der Waals surface area contributed by atoms with Gasteiger partial charge in [0.15, 0.2) is 0 Å². The van der Waals surface area contributed by atoms with Crippen LogP contribution >= 0.6 is 0 Å². The first kappa shape index (κ1) is 12.4. The Morgan fingerprint density at radius 1 is 0.947 bits per heavy atom. The smallest absolute Gasteiger partial charge is 0.119 e. The standard InChI is InChI=1S/C17H18O2/c18-13-16-11-12-17(19-16,14-7-3-1-4-8-14)15-9-5-2-6-10-15/h1-10,16,18H,11-13H2. The summed E-state index contributed by atoms with van der Waals surface area (Å²) in [7, 11) is 0. The number of ether oxygens (including phenoxy) is 1. The Morgan fingerprint density at radius 2 is 1.47 bits per heavy atom. The van der Waals surface area contributed by atoms with Gasteiger partial charge in [0.1, 0.15) is 5.60 Å². The predicted molar refractivity (Wildman–Crippen MR) is 74.9 cm³/mol. The molecule has 2 aromatic carbocycles. The van der Waals surface area contributed by atoms with Gasteiger partial charge in [0.2, 0.25) is 0 Å². The molecule has 0 bridgehead atoms. The quantitative estimate of drug-likeness (QED) is 0.912. The number of rotatable bonds is 3. The number of hydrogen-bond donors (Lipinski definition) is 1. The third kappa shape index (κ3) is 2.18. The van der Waals surface area contributed by atoms with Crippen molar-refractivity contribution in [3.05, 3.63) is 71.8 Å². The largest absolute Gasteiger partial charge is 0.394 e. The van der Waals surface area contributed by atoms with Crippen LogP contribution in [0.2, 0.25) is 0 Å². The van der Waals surface area contributed by atoms with Crippen LogP contribution in [0.4, 0.5) is 0 Å². The van der Waals surface area contributed by atoms with Crippen molar-refractivity contribution >= 4 is 0 Å². The Bertz CT molecular complexity index is 482. The molecule has 0 amide bonds. The molecule has 2 nitrogen and oxygen atoms in total. The van der Waals surface area contributed by atoms with Crippen molar-refractivity contribution in [2.45, 2.75) is 24.5 Å². The fourth-order valence-corrected chi connectivity index (χ4v) is 2.90. The molecule has 1 saturated heterocycles. The second kappa shape index (κ2) is 5.16. The molecule has 19 heavy (non-hydrogen) atoms. The van der Waals surface area contributed by atoms with Crippen LogP contribution in [0.15, 0.2) is 60.7 Å². The number of benzene rings is 2. The average Bonchev–Trinajstić information content (AvgIpc) is 2.95. The molecule has 0 radical (unpaired) electrons. The van der Waals surface area contributed by atoms with E-state index in [2.05, 4.69) is 24.3 Å². The van der Waals surface area contributed by atoms with E-state index in [-0.39, 0.29) is 12.7 Å². The van der Waals surface area contributed by atoms with Crippen molar-refractivity contribution in [1.29, 1.82) is 0 Å². The van der Waals surface area contributed by atoms with Gasteiger partial charge in [-0.2, -0.15) is 0 Å². The maximum atomic E-state index is 9.37. The third-order valence-corrected chi connectivity index (χ3v) is 3.87. The lowest BCUT2D eigenvalue weighted by Gasteiger charge is -2.30. The van der Waals surface area contributed by atoms with Crippen LogP contribution in [-0.4, -0.2) is 17.8 Å². The van der Waals surface area contributed by atoms with Gasteiger partial charge in [0.25, 0.3) is 0 Å². The summed E-state index contributed by atoms with van der Waals surface area (Å²) in [5, 5.41) is 9.37. The van der Waals surface area contributed by atoms with Crippen LogP contribution in [0.1, 0.15) is 24.0 Å². The molecule has 1 heterocycles. The first-order chi connectivity index (χ1) is 9.35. The van der Waals surface area contributed by atoms with Crippen LogP contribution in [0.5, 0.6) is 0 Å². The van der Waals surface area contributed by atoms with Crippen molar-refractivity contribution in [2.24, 2.45) is 0 Å². The molecule has 1 aliphatic heterocycles. The predicted octanol–water partition coefficient (Wildman–Crippen LogP) is 3.10. The SMILES string of the molecule is OCC1CCC(c2ccccc2)(c2ccccc2)O1. The van der Waals surface area contributed by atoms with Crippen molar-refractivity contribution in [2.75, 3.05) is 6.61 Å². The summed E-state index contributed by atoms with van der Waals surface area (Å²) in [5.41, 5.74) is 1.92. The zero-order valence-corrected chi connectivity index (χ0v) is 10.8. The van der Waals surface area contributed by atoms with Crippen LogP contribution in [0, 0.1) is 0 Å². The third-order valence-electron chi connectivity index (χ3n) is 3.87. The first-order valence-corrected chi connectivity index (χ1v) is 6.75. The molecular weight excluding hydrogens is 236 g/mol. The van der Waals surface area contributed by atoms with Crippen LogP contribution in [0.3, 0.4) is 0 Å². The molecular formula is C17H18O2. The van der Waals surface area contributed by atoms with E-state index in [1.165, 1.54) is 0 Å². The fourth-order valence-electron chi connectivity index (χ4n) is 2.90. The zero-order chi connectivity index (χ0) is 13.1. The Kier molecular flexibility index (Phi) is 3.36. The molecule has 3 rings (SSSR count). The van der Waals surface area contributed by atoms with Crippen LogP contribution < -0.4 is 0 Å². The highest BCUT2D eigenvalue weighted by molar-refractivity contribution is 5.37. The average molecular weight is 254 g/mol. The van der Waals surface area contributed by atoms with Gasteiger partial charge < -0.3 is 9.84 Å². The number of aliphatic hydroxyl groups excluding tert-OH is 1. The second-order valence-corrected chi connectivity index (χ2v) is 5.02. The number of hydrogen-bond acceptors (Lipinski definition) is 2. The van der Waals surface area contributed by atoms with E-state index in [9.17, 15) is 5.11 Å². The fraction of sp³-hybridized carbons (Fsp3) is 0.294. The van der Waals surface area contributed by atoms with Gasteiger partial charge in [0.05, 0.1) is 12.7 Å². The molecule has 1 atom stereocenters. The summed E-state index contributed by atoms with van der Waals surface area (Å²) in [5.74, 6) is 0. The van der Waals surface area contributed by atoms with E-state index in [4.69, 9.17) is 4.74 Å². The molecule has 1 unspecified atom stereocenters. The van der Waals surface area contributed by atoms with Gasteiger partial charge in [-0.15, -0.1) is 0 Å². The lowest BCUT2D eigenvalue weighted by atomic mass is 9.84. The highest BCUT2D eigenvalue weighted by atomic mass is 16.5. The second-order valence-electron chi connectivity index (χ2n) is 5.02. The highest BCUT2D eigenvalue weighted by Gasteiger charge is 2.42. The van der Waals surface area contributed by atoms with E-state index in [0.29, 0.717) is 0 Å². The lowest BCUT2D eigenvalue weighted by Crippen LogP contribution is -2.28. The minimum atomic E-state index is -0.407. The molecule has 0 spiro atoms. The molecule has 0 aromatic heterocycles. The van der Waals surface area contributed by atoms with Gasteiger partial charge in [-0.25, -0.2) is 0 Å². The summed E-state index contributed by atoms with van der Waals surface area (Å²) >= 11 is 0. The van der Waals surface area contributed by atoms with Crippen molar-refractivity contribution in [3.63, 3.8) is 0 Å². The van der Waals surface area contributed by atoms with Gasteiger partial charge in [0, 0.05) is 0 Å². The molecule has 1 aliphatic rings. The van der Waals surface area contributed by atoms with Crippen LogP contribution in [-0.2, 0) is 10.3 Å². The molecule has 0 aliphatic carbocycles. The normalized spacial score (nSPS) is 21.4. The van der Waals surface area contributed by atoms with E-state index in [1.54, 1.807) is 0 Å². The van der Waals surface area contributed by atoms with E-state index < -0.39 is 5.60 Å². The van der Waals surface area contributed by atoms with Gasteiger partial charge in [-0.3, -0.25) is 0 Å². The summed E-state index contributed by atoms with van der Waals surface area (Å²) in [6.45, 7) is 0.0847. The lowest BCUT2D eigenvalue weighted by molar-refractivity contribution is -0.0384. The number of aliphatic hydroxyl groups is 1. The Balaban J connectivity index is 2.07. The van der Waals surface area contributed by atoms with Crippen LogP contribution in [0.25, 0.3) is 0 Å². The molecule has 1 N–H and O–H groups in total. The topological polar surface area (TPSA) is 29.5 Å². The Labute approximate surface area is 113 Å². The van der Waals surface area contributed by atoms with Crippen molar-refractivity contribution in [3.8, 4) is 0 Å². The minimum absolute atomic E-state index is 0.0691. The summed E-state index contributed by atoms with van der Waals surface area (Å²) in [4.78, 5) is 0. The molecule has 2 aromatic rings. The highest BCUT2D eigenvalue weighted by Crippen LogP contribution is 2.44. The monoisotopic (exact) mass is 254 g/mol. The van der Waals surface area contributed by atoms with E-state index >= 15 is 0 Å². The zero-order valence-electron chi connectivity index (χ0n) is 10.8. The molecule has 98 valence electrons. The minimum Gasteiger partial charge on any atom is -0.394 e. The summed E-state index contributed by atoms with van der Waals surface area (Å²) in [6, 6.07) is 20.6. The first-order valence-electron chi connectivity index (χ1n) is 6.75. The van der Waals surface area contributed by atoms with Crippen molar-refractivity contribution in [1.82, 2.24) is 0 Å². The maximum Gasteiger partial charge on any atom is 0.119 e. The Morgan fingerprint density at radius 3 is 1.89 bits per heavy atom. The van der Waals surface area contributed by atoms with Gasteiger partial charge in [-0.05, 0) is 24.0 Å².